The maximum atomic E-state index is 12.1. The van der Waals surface area contributed by atoms with Gasteiger partial charge in [0.05, 0.1) is 17.0 Å². The maximum absolute atomic E-state index is 12.1. The highest BCUT2D eigenvalue weighted by Crippen LogP contribution is 2.31. The predicted octanol–water partition coefficient (Wildman–Crippen LogP) is 2.61. The molecule has 1 N–H and O–H groups in total. The highest BCUT2D eigenvalue weighted by Gasteiger charge is 2.31. The van der Waals surface area contributed by atoms with Crippen molar-refractivity contribution in [3.63, 3.8) is 0 Å². The first kappa shape index (κ1) is 5.89. The number of esters is 1. The van der Waals surface area contributed by atoms with Crippen molar-refractivity contribution >= 4 is 21.9 Å². The van der Waals surface area contributed by atoms with Crippen LogP contribution in [0, 0.1) is 0 Å². The van der Waals surface area contributed by atoms with Gasteiger partial charge in [0.25, 0.3) is 0 Å². The average Bonchev–Trinajstić information content (AvgIpc) is 2.30. The number of hydrogen-bond acceptors (Lipinski definition) is 3. The van der Waals surface area contributed by atoms with Crippen molar-refractivity contribution in [1.29, 1.82) is 0 Å². The Bertz CT molecular complexity index is 538. The summed E-state index contributed by atoms with van der Waals surface area (Å²) in [6.07, 6.45) is 0. The summed E-state index contributed by atoms with van der Waals surface area (Å²) in [7, 11) is 0.921. The lowest BCUT2D eigenvalue weighted by molar-refractivity contribution is -0.146. The molecule has 0 saturated heterocycles. The van der Waals surface area contributed by atoms with Crippen LogP contribution in [0.2, 0.25) is 0 Å². The molecule has 0 aliphatic rings. The summed E-state index contributed by atoms with van der Waals surface area (Å²) in [6.45, 7) is -6.36. The lowest BCUT2D eigenvalue weighted by atomic mass is 9.85. The summed E-state index contributed by atoms with van der Waals surface area (Å²) < 4.78 is 50.0. The van der Waals surface area contributed by atoms with E-state index in [1.54, 1.807) is 0 Å². The molecule has 0 amide bonds. The quantitative estimate of drug-likeness (QED) is 0.846. The van der Waals surface area contributed by atoms with E-state index < -0.39 is 25.1 Å². The molecular formula is C11H13BrO3. The summed E-state index contributed by atoms with van der Waals surface area (Å²) in [4.78, 5) is 12.1. The zero-order valence-electron chi connectivity index (χ0n) is 13.9. The van der Waals surface area contributed by atoms with Crippen LogP contribution in [0.15, 0.2) is 22.7 Å². The monoisotopic (exact) mass is 278 g/mol. The first-order chi connectivity index (χ1) is 9.39. The Morgan fingerprint density at radius 3 is 2.73 bits per heavy atom. The van der Waals surface area contributed by atoms with Crippen molar-refractivity contribution in [3.8, 4) is 5.75 Å². The molecule has 0 fully saturated rings. The van der Waals surface area contributed by atoms with Gasteiger partial charge >= 0.3 is 5.97 Å². The molecule has 0 aromatic heterocycles. The van der Waals surface area contributed by atoms with E-state index in [4.69, 9.17) is 8.22 Å². The van der Waals surface area contributed by atoms with Crippen LogP contribution in [0.5, 0.6) is 5.75 Å². The number of carbonyl (C=O) groups excluding carboxylic acids is 1. The second-order valence-electron chi connectivity index (χ2n) is 2.91. The summed E-state index contributed by atoms with van der Waals surface area (Å²) >= 11 is 2.97. The third-order valence-corrected chi connectivity index (χ3v) is 2.51. The fourth-order valence-electron chi connectivity index (χ4n) is 1.01. The highest BCUT2D eigenvalue weighted by molar-refractivity contribution is 9.10. The number of methoxy groups -OCH3 is 1. The molecule has 3 nitrogen and oxygen atoms in total. The van der Waals surface area contributed by atoms with Crippen LogP contribution in [-0.4, -0.2) is 18.2 Å². The van der Waals surface area contributed by atoms with E-state index in [2.05, 4.69) is 20.7 Å². The van der Waals surface area contributed by atoms with Crippen LogP contribution in [-0.2, 0) is 14.9 Å². The number of carbonyl (C=O) groups is 1. The second kappa shape index (κ2) is 4.23. The predicted molar refractivity (Wildman–Crippen MR) is 60.8 cm³/mol. The molecule has 1 rings (SSSR count). The number of halogens is 1. The topological polar surface area (TPSA) is 46.5 Å². The molecule has 1 aromatic carbocycles. The van der Waals surface area contributed by atoms with Gasteiger partial charge in [-0.1, -0.05) is 6.07 Å². The number of benzene rings is 1. The summed E-state index contributed by atoms with van der Waals surface area (Å²) in [5.74, 6) is -1.60. The second-order valence-corrected chi connectivity index (χ2v) is 3.76. The Hall–Kier alpha value is -1.03. The summed E-state index contributed by atoms with van der Waals surface area (Å²) in [5.41, 5.74) is -3.13. The number of phenols is 1. The van der Waals surface area contributed by atoms with Gasteiger partial charge in [-0.25, -0.2) is 0 Å². The lowest BCUT2D eigenvalue weighted by Crippen LogP contribution is -2.30. The van der Waals surface area contributed by atoms with Crippen LogP contribution in [0.1, 0.15) is 27.5 Å². The molecule has 4 heteroatoms. The molecule has 0 radical (unpaired) electrons. The van der Waals surface area contributed by atoms with E-state index in [-0.39, 0.29) is 15.8 Å². The minimum Gasteiger partial charge on any atom is -0.507 e. The van der Waals surface area contributed by atoms with Gasteiger partial charge in [-0.05, 0) is 47.3 Å². The molecule has 0 heterocycles. The third kappa shape index (κ3) is 2.31. The van der Waals surface area contributed by atoms with Crippen molar-refractivity contribution in [2.24, 2.45) is 0 Å². The Morgan fingerprint density at radius 2 is 2.27 bits per heavy atom. The van der Waals surface area contributed by atoms with E-state index in [1.165, 1.54) is 0 Å². The standard InChI is InChI=1S/C11H13BrO3/c1-11(2,10(14)15-3)7-4-5-9(13)8(12)6-7/h4-6,13H,1-3H3/i1D3,2D3. The van der Waals surface area contributed by atoms with Gasteiger partial charge < -0.3 is 9.84 Å². The zero-order chi connectivity index (χ0) is 16.6. The highest BCUT2D eigenvalue weighted by atomic mass is 79.9. The normalized spacial score (nSPS) is 18.8. The van der Waals surface area contributed by atoms with Gasteiger partial charge in [-0.2, -0.15) is 0 Å². The first-order valence-electron chi connectivity index (χ1n) is 6.97. The van der Waals surface area contributed by atoms with Crippen LogP contribution in [0.3, 0.4) is 0 Å². The van der Waals surface area contributed by atoms with Crippen LogP contribution < -0.4 is 0 Å². The van der Waals surface area contributed by atoms with Gasteiger partial charge in [0.2, 0.25) is 0 Å². The summed E-state index contributed by atoms with van der Waals surface area (Å²) in [6, 6.07) is 3.27. The molecule has 82 valence electrons. The van der Waals surface area contributed by atoms with Crippen molar-refractivity contribution in [3.05, 3.63) is 28.2 Å². The van der Waals surface area contributed by atoms with Crippen LogP contribution in [0.25, 0.3) is 0 Å². The van der Waals surface area contributed by atoms with Crippen molar-refractivity contribution in [1.82, 2.24) is 0 Å². The Labute approximate surface area is 106 Å². The lowest BCUT2D eigenvalue weighted by Gasteiger charge is -2.22. The van der Waals surface area contributed by atoms with Gasteiger partial charge in [0.1, 0.15) is 5.75 Å². The SMILES string of the molecule is [2H]C([2H])([2H])C(C(=O)OC)(c1ccc(O)c(Br)c1)C([2H])([2H])[2H]. The van der Waals surface area contributed by atoms with E-state index >= 15 is 0 Å². The number of ether oxygens (including phenoxy) is 1. The Balaban J connectivity index is 3.80. The first-order valence-corrected chi connectivity index (χ1v) is 4.76. The minimum atomic E-state index is -3.18. The molecule has 0 aliphatic heterocycles. The molecule has 0 bridgehead atoms. The molecule has 0 atom stereocenters. The maximum Gasteiger partial charge on any atom is 0.315 e. The number of phenolic OH excluding ortho intramolecular Hbond substituents is 1. The fraction of sp³-hybridized carbons (Fsp3) is 0.364. The van der Waals surface area contributed by atoms with E-state index in [9.17, 15) is 9.90 Å². The van der Waals surface area contributed by atoms with Gasteiger partial charge in [-0.15, -0.1) is 0 Å². The molecule has 1 aromatic rings. The number of aromatic hydroxyl groups is 1. The van der Waals surface area contributed by atoms with Gasteiger partial charge in [0.15, 0.2) is 0 Å². The number of hydrogen-bond donors (Lipinski definition) is 1. The third-order valence-electron chi connectivity index (χ3n) is 1.87. The minimum absolute atomic E-state index is 0.0711. The molecular weight excluding hydrogens is 260 g/mol. The summed E-state index contributed by atoms with van der Waals surface area (Å²) in [5, 5.41) is 9.47. The Kier molecular flexibility index (Phi) is 1.66. The number of rotatable bonds is 2. The molecule has 0 saturated carbocycles. The molecule has 0 unspecified atom stereocenters. The van der Waals surface area contributed by atoms with Gasteiger partial charge in [0, 0.05) is 8.22 Å². The Morgan fingerprint density at radius 1 is 1.60 bits per heavy atom. The zero-order valence-corrected chi connectivity index (χ0v) is 9.46. The fourth-order valence-corrected chi connectivity index (χ4v) is 1.39. The van der Waals surface area contributed by atoms with Crippen molar-refractivity contribution < 1.29 is 22.9 Å². The largest absolute Gasteiger partial charge is 0.507 e. The molecule has 0 aliphatic carbocycles. The molecule has 0 spiro atoms. The molecule has 15 heavy (non-hydrogen) atoms. The van der Waals surface area contributed by atoms with E-state index in [1.807, 2.05) is 0 Å². The van der Waals surface area contributed by atoms with Crippen molar-refractivity contribution in [2.75, 3.05) is 7.11 Å². The van der Waals surface area contributed by atoms with E-state index in [0.29, 0.717) is 0 Å². The average molecular weight is 279 g/mol. The van der Waals surface area contributed by atoms with Crippen molar-refractivity contribution in [2.45, 2.75) is 19.1 Å². The smallest absolute Gasteiger partial charge is 0.315 e. The van der Waals surface area contributed by atoms with Crippen LogP contribution in [0.4, 0.5) is 0 Å². The van der Waals surface area contributed by atoms with E-state index in [0.717, 1.165) is 25.3 Å². The van der Waals surface area contributed by atoms with Gasteiger partial charge in [-0.3, -0.25) is 4.79 Å². The van der Waals surface area contributed by atoms with Crippen LogP contribution >= 0.6 is 15.9 Å².